The Balaban J connectivity index is 1.35. The van der Waals surface area contributed by atoms with Crippen molar-refractivity contribution in [3.05, 3.63) is 123 Å². The van der Waals surface area contributed by atoms with Gasteiger partial charge in [0.1, 0.15) is 24.5 Å². The summed E-state index contributed by atoms with van der Waals surface area (Å²) >= 11 is 9.97. The second-order valence-corrected chi connectivity index (χ2v) is 10.7. The fraction of sp³-hybridized carbons (Fsp3) is 0.121. The molecule has 0 bridgehead atoms. The minimum Gasteiger partial charge on any atom is -0.490 e. The zero-order valence-corrected chi connectivity index (χ0v) is 25.4. The van der Waals surface area contributed by atoms with Crippen molar-refractivity contribution >= 4 is 57.1 Å². The first-order chi connectivity index (χ1) is 20.8. The summed E-state index contributed by atoms with van der Waals surface area (Å²) in [5, 5.41) is 2.47. The number of amides is 4. The van der Waals surface area contributed by atoms with Crippen LogP contribution in [0.1, 0.15) is 23.6 Å². The van der Waals surface area contributed by atoms with E-state index in [2.05, 4.69) is 21.2 Å². The van der Waals surface area contributed by atoms with E-state index in [4.69, 9.17) is 25.8 Å². The van der Waals surface area contributed by atoms with Gasteiger partial charge in [-0.2, -0.15) is 0 Å². The third-order valence-electron chi connectivity index (χ3n) is 6.38. The molecule has 0 saturated carbocycles. The fourth-order valence-corrected chi connectivity index (χ4v) is 4.84. The van der Waals surface area contributed by atoms with E-state index in [-0.39, 0.29) is 22.9 Å². The molecule has 1 N–H and O–H groups in total. The first kappa shape index (κ1) is 29.9. The lowest BCUT2D eigenvalue weighted by atomic mass is 10.1. The number of hydrogen-bond donors (Lipinski definition) is 1. The first-order valence-electron chi connectivity index (χ1n) is 13.3. The lowest BCUT2D eigenvalue weighted by Crippen LogP contribution is -2.54. The van der Waals surface area contributed by atoms with Gasteiger partial charge >= 0.3 is 6.03 Å². The van der Waals surface area contributed by atoms with Crippen LogP contribution in [0.3, 0.4) is 0 Å². The van der Waals surface area contributed by atoms with Crippen LogP contribution < -0.4 is 24.4 Å². The number of barbiturate groups is 1. The van der Waals surface area contributed by atoms with Gasteiger partial charge in [-0.1, -0.05) is 70.0 Å². The van der Waals surface area contributed by atoms with Crippen molar-refractivity contribution in [1.29, 1.82) is 0 Å². The summed E-state index contributed by atoms with van der Waals surface area (Å²) in [7, 11) is 0. The Kier molecular flexibility index (Phi) is 9.44. The van der Waals surface area contributed by atoms with Crippen LogP contribution >= 0.6 is 27.5 Å². The number of carbonyl (C=O) groups excluding carboxylic acids is 3. The molecule has 5 rings (SSSR count). The molecule has 8 nitrogen and oxygen atoms in total. The number of carbonyl (C=O) groups is 3. The Morgan fingerprint density at radius 3 is 2.21 bits per heavy atom. The standard InChI is InChI=1S/C33H26BrClN2O6/c1-2-41-29-18-23(17-28(35)30(29)43-20-21-6-4-3-5-7-21)16-27-31(38)36-33(40)37(32(27)39)25-12-14-26(15-13-25)42-19-22-8-10-24(34)11-9-22/h3-18H,2,19-20H2,1H3,(H,36,38,40)/b27-16+. The average molecular weight is 662 g/mol. The van der Waals surface area contributed by atoms with E-state index in [0.717, 1.165) is 20.5 Å². The molecule has 4 amide bonds. The number of hydrogen-bond acceptors (Lipinski definition) is 6. The summed E-state index contributed by atoms with van der Waals surface area (Å²) < 4.78 is 18.5. The Morgan fingerprint density at radius 2 is 1.51 bits per heavy atom. The number of imide groups is 2. The first-order valence-corrected chi connectivity index (χ1v) is 14.5. The molecule has 43 heavy (non-hydrogen) atoms. The summed E-state index contributed by atoms with van der Waals surface area (Å²) in [6.45, 7) is 2.77. The maximum Gasteiger partial charge on any atom is 0.335 e. The quantitative estimate of drug-likeness (QED) is 0.141. The Hall–Kier alpha value is -4.60. The van der Waals surface area contributed by atoms with Crippen molar-refractivity contribution in [2.24, 2.45) is 0 Å². The predicted molar refractivity (Wildman–Crippen MR) is 167 cm³/mol. The highest BCUT2D eigenvalue weighted by molar-refractivity contribution is 9.10. The van der Waals surface area contributed by atoms with Crippen LogP contribution in [0.2, 0.25) is 5.02 Å². The molecule has 0 aromatic heterocycles. The number of rotatable bonds is 10. The zero-order valence-electron chi connectivity index (χ0n) is 23.0. The van der Waals surface area contributed by atoms with Gasteiger partial charge < -0.3 is 14.2 Å². The van der Waals surface area contributed by atoms with Crippen LogP contribution in [0.4, 0.5) is 10.5 Å². The highest BCUT2D eigenvalue weighted by atomic mass is 79.9. The maximum atomic E-state index is 13.4. The molecule has 0 aliphatic carbocycles. The monoisotopic (exact) mass is 660 g/mol. The number of nitrogens with one attached hydrogen (secondary N) is 1. The van der Waals surface area contributed by atoms with Gasteiger partial charge in [0.05, 0.1) is 17.3 Å². The molecule has 0 atom stereocenters. The van der Waals surface area contributed by atoms with Crippen LogP contribution in [0.15, 0.2) is 101 Å². The van der Waals surface area contributed by atoms with Crippen LogP contribution in [-0.2, 0) is 22.8 Å². The summed E-state index contributed by atoms with van der Waals surface area (Å²) in [5.74, 6) is -0.354. The minimum atomic E-state index is -0.853. The lowest BCUT2D eigenvalue weighted by Gasteiger charge is -2.26. The van der Waals surface area contributed by atoms with E-state index in [1.807, 2.05) is 61.5 Å². The minimum absolute atomic E-state index is 0.240. The molecular formula is C33H26BrClN2O6. The molecule has 1 fully saturated rings. The van der Waals surface area contributed by atoms with Gasteiger partial charge in [0.25, 0.3) is 11.8 Å². The van der Waals surface area contributed by atoms with Gasteiger partial charge in [0, 0.05) is 4.47 Å². The molecule has 0 spiro atoms. The Morgan fingerprint density at radius 1 is 0.837 bits per heavy atom. The predicted octanol–water partition coefficient (Wildman–Crippen LogP) is 7.33. The van der Waals surface area contributed by atoms with Crippen molar-refractivity contribution in [2.45, 2.75) is 20.1 Å². The molecular weight excluding hydrogens is 636 g/mol. The van der Waals surface area contributed by atoms with Crippen molar-refractivity contribution in [3.8, 4) is 17.2 Å². The number of benzene rings is 4. The van der Waals surface area contributed by atoms with Gasteiger partial charge in [-0.25, -0.2) is 9.69 Å². The van der Waals surface area contributed by atoms with E-state index in [9.17, 15) is 14.4 Å². The molecule has 0 radical (unpaired) electrons. The van der Waals surface area contributed by atoms with Crippen LogP contribution in [0.5, 0.6) is 17.2 Å². The van der Waals surface area contributed by atoms with Gasteiger partial charge in [-0.3, -0.25) is 14.9 Å². The van der Waals surface area contributed by atoms with Gasteiger partial charge in [-0.15, -0.1) is 0 Å². The van der Waals surface area contributed by atoms with Crippen molar-refractivity contribution in [1.82, 2.24) is 5.32 Å². The van der Waals surface area contributed by atoms with Gasteiger partial charge in [0.15, 0.2) is 11.5 Å². The molecule has 218 valence electrons. The van der Waals surface area contributed by atoms with Crippen molar-refractivity contribution < 1.29 is 28.6 Å². The van der Waals surface area contributed by atoms with E-state index in [0.29, 0.717) is 36.0 Å². The zero-order chi connectivity index (χ0) is 30.3. The number of ether oxygens (including phenoxy) is 3. The smallest absolute Gasteiger partial charge is 0.335 e. The molecule has 10 heteroatoms. The second kappa shape index (κ2) is 13.6. The average Bonchev–Trinajstić information content (AvgIpc) is 3.00. The number of anilines is 1. The highest BCUT2D eigenvalue weighted by Crippen LogP contribution is 2.38. The maximum absolute atomic E-state index is 13.4. The molecule has 1 aliphatic heterocycles. The van der Waals surface area contributed by atoms with Crippen LogP contribution in [0, 0.1) is 0 Å². The summed E-state index contributed by atoms with van der Waals surface area (Å²) in [6.07, 6.45) is 1.36. The third-order valence-corrected chi connectivity index (χ3v) is 7.19. The largest absolute Gasteiger partial charge is 0.490 e. The lowest BCUT2D eigenvalue weighted by molar-refractivity contribution is -0.122. The Labute approximate surface area is 261 Å². The third kappa shape index (κ3) is 7.25. The summed E-state index contributed by atoms with van der Waals surface area (Å²) in [6, 6.07) is 26.1. The summed E-state index contributed by atoms with van der Waals surface area (Å²) in [4.78, 5) is 39.8. The molecule has 0 unspecified atom stereocenters. The van der Waals surface area contributed by atoms with E-state index < -0.39 is 17.8 Å². The van der Waals surface area contributed by atoms with Crippen LogP contribution in [-0.4, -0.2) is 24.5 Å². The van der Waals surface area contributed by atoms with E-state index in [1.54, 1.807) is 36.4 Å². The Bertz CT molecular complexity index is 1670. The molecule has 1 aliphatic rings. The van der Waals surface area contributed by atoms with E-state index >= 15 is 0 Å². The number of urea groups is 1. The van der Waals surface area contributed by atoms with Gasteiger partial charge in [-0.05, 0) is 78.2 Å². The molecule has 4 aromatic carbocycles. The van der Waals surface area contributed by atoms with E-state index in [1.165, 1.54) is 6.08 Å². The number of halogens is 2. The number of nitrogens with zero attached hydrogens (tertiary/aromatic N) is 1. The SMILES string of the molecule is CCOc1cc(/C=C2\C(=O)NC(=O)N(c3ccc(OCc4ccc(Br)cc4)cc3)C2=O)cc(Cl)c1OCc1ccccc1. The van der Waals surface area contributed by atoms with Crippen molar-refractivity contribution in [3.63, 3.8) is 0 Å². The normalized spacial score (nSPS) is 14.1. The fourth-order valence-electron chi connectivity index (χ4n) is 4.30. The highest BCUT2D eigenvalue weighted by Gasteiger charge is 2.37. The van der Waals surface area contributed by atoms with Crippen LogP contribution in [0.25, 0.3) is 6.08 Å². The summed E-state index contributed by atoms with van der Waals surface area (Å²) in [5.41, 5.74) is 2.38. The molecule has 1 saturated heterocycles. The molecule has 1 heterocycles. The molecule has 4 aromatic rings. The second-order valence-electron chi connectivity index (χ2n) is 9.40. The topological polar surface area (TPSA) is 94.2 Å². The van der Waals surface area contributed by atoms with Gasteiger partial charge in [0.2, 0.25) is 0 Å². The van der Waals surface area contributed by atoms with Crippen molar-refractivity contribution in [2.75, 3.05) is 11.5 Å².